The molecule has 15 heavy (non-hydrogen) atoms. The lowest BCUT2D eigenvalue weighted by atomic mass is 10.8. The normalized spacial score (nSPS) is 11.0. The van der Waals surface area contributed by atoms with Gasteiger partial charge in [0.2, 0.25) is 5.91 Å². The number of halogens is 1. The number of primary amides is 1. The number of nitrogens with zero attached hydrogens (tertiary/aromatic N) is 2. The van der Waals surface area contributed by atoms with Crippen LogP contribution in [0.2, 0.25) is 0 Å². The summed E-state index contributed by atoms with van der Waals surface area (Å²) in [5.74, 6) is 0.647. The molecule has 1 rings (SSSR count). The summed E-state index contributed by atoms with van der Waals surface area (Å²) in [5, 5.41) is 7.86. The monoisotopic (exact) mass is 281 g/mol. The first-order valence-electron chi connectivity index (χ1n) is 3.85. The van der Waals surface area contributed by atoms with Crippen molar-refractivity contribution >= 4 is 52.4 Å². The van der Waals surface area contributed by atoms with Crippen LogP contribution in [0.1, 0.15) is 0 Å². The van der Waals surface area contributed by atoms with E-state index < -0.39 is 0 Å². The van der Waals surface area contributed by atoms with Gasteiger partial charge in [-0.3, -0.25) is 4.79 Å². The van der Waals surface area contributed by atoms with Crippen LogP contribution in [0.5, 0.6) is 0 Å². The maximum Gasteiger partial charge on any atom is 0.227 e. The van der Waals surface area contributed by atoms with Gasteiger partial charge >= 0.3 is 0 Å². The van der Waals surface area contributed by atoms with Gasteiger partial charge in [-0.15, -0.1) is 10.2 Å². The number of carbonyl (C=O) groups is 1. The molecule has 1 heterocycles. The first-order chi connectivity index (χ1) is 7.22. The summed E-state index contributed by atoms with van der Waals surface area (Å²) in [7, 11) is 0. The van der Waals surface area contributed by atoms with Crippen LogP contribution in [0.25, 0.3) is 0 Å². The second kappa shape index (κ2) is 7.10. The van der Waals surface area contributed by atoms with Gasteiger partial charge in [-0.1, -0.05) is 52.5 Å². The summed E-state index contributed by atoms with van der Waals surface area (Å²) in [6.07, 6.45) is 1.82. The summed E-state index contributed by atoms with van der Waals surface area (Å²) in [6.45, 7) is 0. The third-order valence-electron chi connectivity index (χ3n) is 1.12. The van der Waals surface area contributed by atoms with Gasteiger partial charge in [0.25, 0.3) is 0 Å². The number of amides is 1. The van der Waals surface area contributed by atoms with Gasteiger partial charge in [-0.25, -0.2) is 0 Å². The zero-order valence-corrected chi connectivity index (χ0v) is 10.8. The molecule has 0 bridgehead atoms. The Bertz CT molecular complexity index is 355. The average molecular weight is 282 g/mol. The summed E-state index contributed by atoms with van der Waals surface area (Å²) in [4.78, 5) is 10.5. The lowest BCUT2D eigenvalue weighted by molar-refractivity contribution is -0.115. The van der Waals surface area contributed by atoms with Crippen LogP contribution in [-0.4, -0.2) is 27.6 Å². The molecule has 0 saturated carbocycles. The summed E-state index contributed by atoms with van der Waals surface area (Å²) < 4.78 is 1.61. The van der Waals surface area contributed by atoms with Gasteiger partial charge in [-0.05, 0) is 0 Å². The van der Waals surface area contributed by atoms with Gasteiger partial charge < -0.3 is 5.73 Å². The van der Waals surface area contributed by atoms with E-state index in [0.717, 1.165) is 14.4 Å². The fourth-order valence-corrected chi connectivity index (χ4v) is 3.39. The highest BCUT2D eigenvalue weighted by Gasteiger charge is 2.05. The fourth-order valence-electron chi connectivity index (χ4n) is 0.602. The number of aromatic nitrogens is 2. The highest BCUT2D eigenvalue weighted by molar-refractivity contribution is 8.03. The molecular weight excluding hydrogens is 274 g/mol. The molecule has 0 aliphatic carbocycles. The molecule has 0 aliphatic rings. The molecule has 0 saturated heterocycles. The van der Waals surface area contributed by atoms with E-state index in [1.54, 1.807) is 11.8 Å². The molecule has 0 radical (unpaired) electrons. The number of hydrogen-bond donors (Lipinski definition) is 1. The quantitative estimate of drug-likeness (QED) is 0.807. The van der Waals surface area contributed by atoms with Crippen molar-refractivity contribution in [2.24, 2.45) is 5.73 Å². The molecule has 0 spiro atoms. The molecule has 82 valence electrons. The lowest BCUT2D eigenvalue weighted by Crippen LogP contribution is -2.12. The van der Waals surface area contributed by atoms with E-state index >= 15 is 0 Å². The Balaban J connectivity index is 2.38. The maximum atomic E-state index is 10.5. The van der Waals surface area contributed by atoms with Crippen molar-refractivity contribution in [3.05, 3.63) is 11.6 Å². The minimum Gasteiger partial charge on any atom is -0.369 e. The number of rotatable bonds is 6. The van der Waals surface area contributed by atoms with Crippen LogP contribution in [-0.2, 0) is 4.79 Å². The number of hydrogen-bond acceptors (Lipinski definition) is 6. The fraction of sp³-hybridized carbons (Fsp3) is 0.286. The number of carbonyl (C=O) groups excluding carboxylic acids is 1. The molecule has 0 aliphatic heterocycles. The molecule has 0 atom stereocenters. The van der Waals surface area contributed by atoms with Gasteiger partial charge in [0.15, 0.2) is 8.68 Å². The van der Waals surface area contributed by atoms with Crippen molar-refractivity contribution in [1.29, 1.82) is 0 Å². The zero-order valence-electron chi connectivity index (χ0n) is 7.55. The standard InChI is InChI=1S/C7H8ClN3OS3/c8-2-1-3-13-6-10-11-7(15-6)14-4-5(9)12/h1-2H,3-4H2,(H2,9,12). The molecule has 0 aromatic carbocycles. The Morgan fingerprint density at radius 2 is 2.13 bits per heavy atom. The maximum absolute atomic E-state index is 10.5. The predicted octanol–water partition coefficient (Wildman–Crippen LogP) is 1.96. The van der Waals surface area contributed by atoms with Crippen LogP contribution < -0.4 is 5.73 Å². The SMILES string of the molecule is NC(=O)CSc1nnc(SCC=CCl)s1. The van der Waals surface area contributed by atoms with Crippen molar-refractivity contribution in [2.75, 3.05) is 11.5 Å². The van der Waals surface area contributed by atoms with Crippen molar-refractivity contribution in [3.8, 4) is 0 Å². The van der Waals surface area contributed by atoms with Crippen LogP contribution in [0.15, 0.2) is 20.3 Å². The van der Waals surface area contributed by atoms with Crippen LogP contribution in [0.3, 0.4) is 0 Å². The highest BCUT2D eigenvalue weighted by Crippen LogP contribution is 2.28. The van der Waals surface area contributed by atoms with Crippen molar-refractivity contribution in [1.82, 2.24) is 10.2 Å². The van der Waals surface area contributed by atoms with Gasteiger partial charge in [0, 0.05) is 11.3 Å². The summed E-state index contributed by atoms with van der Waals surface area (Å²) in [6, 6.07) is 0. The summed E-state index contributed by atoms with van der Waals surface area (Å²) in [5.41, 5.74) is 6.48. The smallest absolute Gasteiger partial charge is 0.227 e. The molecule has 1 aromatic rings. The van der Waals surface area contributed by atoms with E-state index in [2.05, 4.69) is 10.2 Å². The molecule has 8 heteroatoms. The van der Waals surface area contributed by atoms with E-state index in [9.17, 15) is 4.79 Å². The first kappa shape index (κ1) is 12.8. The van der Waals surface area contributed by atoms with Crippen molar-refractivity contribution in [2.45, 2.75) is 8.68 Å². The second-order valence-electron chi connectivity index (χ2n) is 2.26. The third-order valence-corrected chi connectivity index (χ3v) is 4.46. The van der Waals surface area contributed by atoms with E-state index in [1.165, 1.54) is 28.6 Å². The molecular formula is C7H8ClN3OS3. The summed E-state index contributed by atoms with van der Waals surface area (Å²) >= 11 is 9.67. The van der Waals surface area contributed by atoms with E-state index in [1.807, 2.05) is 6.08 Å². The van der Waals surface area contributed by atoms with Crippen molar-refractivity contribution in [3.63, 3.8) is 0 Å². The Labute approximate surface area is 105 Å². The Morgan fingerprint density at radius 1 is 1.47 bits per heavy atom. The predicted molar refractivity (Wildman–Crippen MR) is 65.5 cm³/mol. The Kier molecular flexibility index (Phi) is 6.07. The van der Waals surface area contributed by atoms with E-state index in [-0.39, 0.29) is 11.7 Å². The van der Waals surface area contributed by atoms with E-state index in [0.29, 0.717) is 0 Å². The first-order valence-corrected chi connectivity index (χ1v) is 7.07. The third kappa shape index (κ3) is 5.41. The Morgan fingerprint density at radius 3 is 2.73 bits per heavy atom. The molecule has 0 fully saturated rings. The molecule has 1 amide bonds. The second-order valence-corrected chi connectivity index (χ2v) is 5.98. The lowest BCUT2D eigenvalue weighted by Gasteiger charge is -1.89. The molecule has 2 N–H and O–H groups in total. The van der Waals surface area contributed by atoms with Crippen LogP contribution >= 0.6 is 46.5 Å². The average Bonchev–Trinajstić information content (AvgIpc) is 2.63. The van der Waals surface area contributed by atoms with Gasteiger partial charge in [0.1, 0.15) is 0 Å². The minimum atomic E-state index is -0.352. The molecule has 1 aromatic heterocycles. The van der Waals surface area contributed by atoms with Crippen LogP contribution in [0, 0.1) is 0 Å². The highest BCUT2D eigenvalue weighted by atomic mass is 35.5. The van der Waals surface area contributed by atoms with Crippen molar-refractivity contribution < 1.29 is 4.79 Å². The number of nitrogens with two attached hydrogens (primary N) is 1. The van der Waals surface area contributed by atoms with Gasteiger partial charge in [-0.2, -0.15) is 0 Å². The number of thioether (sulfide) groups is 2. The molecule has 0 unspecified atom stereocenters. The molecule has 4 nitrogen and oxygen atoms in total. The largest absolute Gasteiger partial charge is 0.369 e. The van der Waals surface area contributed by atoms with Gasteiger partial charge in [0.05, 0.1) is 5.75 Å². The van der Waals surface area contributed by atoms with E-state index in [4.69, 9.17) is 17.3 Å². The minimum absolute atomic E-state index is 0.237. The Hall–Kier alpha value is -0.240. The zero-order chi connectivity index (χ0) is 11.1. The van der Waals surface area contributed by atoms with Crippen LogP contribution in [0.4, 0.5) is 0 Å². The topological polar surface area (TPSA) is 68.9 Å².